The minimum atomic E-state index is -0.640. The molecule has 0 bridgehead atoms. The van der Waals surface area contributed by atoms with E-state index in [4.69, 9.17) is 9.47 Å². The average molecular weight is 403 g/mol. The van der Waals surface area contributed by atoms with E-state index in [0.717, 1.165) is 0 Å². The van der Waals surface area contributed by atoms with Crippen molar-refractivity contribution in [2.24, 2.45) is 7.05 Å². The second kappa shape index (κ2) is 9.18. The highest BCUT2D eigenvalue weighted by atomic mass is 16.6. The van der Waals surface area contributed by atoms with E-state index in [-0.39, 0.29) is 24.5 Å². The van der Waals surface area contributed by atoms with Gasteiger partial charge in [0.1, 0.15) is 22.8 Å². The summed E-state index contributed by atoms with van der Waals surface area (Å²) in [6, 6.07) is 3.30. The van der Waals surface area contributed by atoms with Gasteiger partial charge < -0.3 is 9.47 Å². The molecular weight excluding hydrogens is 378 g/mol. The number of nitrogens with one attached hydrogen (secondary N) is 1. The van der Waals surface area contributed by atoms with Gasteiger partial charge in [-0.1, -0.05) is 0 Å². The zero-order chi connectivity index (χ0) is 21.6. The van der Waals surface area contributed by atoms with Gasteiger partial charge in [0.2, 0.25) is 6.41 Å². The molecule has 1 N–H and O–H groups in total. The lowest BCUT2D eigenvalue weighted by molar-refractivity contribution is -0.107. The van der Waals surface area contributed by atoms with Gasteiger partial charge in [-0.25, -0.2) is 14.6 Å². The van der Waals surface area contributed by atoms with Gasteiger partial charge in [-0.05, 0) is 45.4 Å². The number of hydrogen-bond donors (Lipinski definition) is 1. The molecule has 2 aromatic rings. The van der Waals surface area contributed by atoms with Crippen LogP contribution in [0, 0.1) is 0 Å². The zero-order valence-electron chi connectivity index (χ0n) is 17.1. The molecule has 0 radical (unpaired) electrons. The Bertz CT molecular complexity index is 887. The molecular formula is C19H25N5O5. The molecule has 2 aromatic heterocycles. The molecule has 0 fully saturated rings. The first kappa shape index (κ1) is 21.9. The number of esters is 1. The summed E-state index contributed by atoms with van der Waals surface area (Å²) in [6.45, 7) is 7.30. The fourth-order valence-corrected chi connectivity index (χ4v) is 2.53. The van der Waals surface area contributed by atoms with E-state index in [0.29, 0.717) is 17.8 Å². The van der Waals surface area contributed by atoms with Gasteiger partial charge in [-0.2, -0.15) is 5.10 Å². The standard InChI is InChI=1S/C19H25N5O5/c1-6-28-17(26)14-10-21-23(5)16(14)24(12-25)11-13-7-8-20-15(9-13)22-18(27)29-19(2,3)4/h7-10,12H,6,11H2,1-5H3,(H,20,22,27). The number of pyridine rings is 1. The number of carbonyl (C=O) groups is 3. The highest BCUT2D eigenvalue weighted by molar-refractivity contribution is 5.97. The van der Waals surface area contributed by atoms with Gasteiger partial charge in [0.25, 0.3) is 0 Å². The van der Waals surface area contributed by atoms with Gasteiger partial charge in [0.05, 0.1) is 19.3 Å². The fraction of sp³-hybridized carbons (Fsp3) is 0.421. The second-order valence-corrected chi connectivity index (χ2v) is 7.14. The monoisotopic (exact) mass is 403 g/mol. The summed E-state index contributed by atoms with van der Waals surface area (Å²) in [5.41, 5.74) is 0.218. The Morgan fingerprint density at radius 1 is 1.34 bits per heavy atom. The van der Waals surface area contributed by atoms with Crippen molar-refractivity contribution in [3.63, 3.8) is 0 Å². The fourth-order valence-electron chi connectivity index (χ4n) is 2.53. The maximum Gasteiger partial charge on any atom is 0.413 e. The lowest BCUT2D eigenvalue weighted by atomic mass is 10.2. The van der Waals surface area contributed by atoms with Gasteiger partial charge >= 0.3 is 12.1 Å². The van der Waals surface area contributed by atoms with Crippen molar-refractivity contribution in [3.8, 4) is 0 Å². The van der Waals surface area contributed by atoms with Gasteiger partial charge in [-0.3, -0.25) is 19.7 Å². The Balaban J connectivity index is 2.21. The van der Waals surface area contributed by atoms with Gasteiger partial charge in [0, 0.05) is 13.2 Å². The molecule has 0 aliphatic rings. The molecule has 10 nitrogen and oxygen atoms in total. The van der Waals surface area contributed by atoms with Crippen LogP contribution < -0.4 is 10.2 Å². The Morgan fingerprint density at radius 3 is 2.69 bits per heavy atom. The van der Waals surface area contributed by atoms with Crippen LogP contribution in [-0.2, 0) is 27.9 Å². The minimum Gasteiger partial charge on any atom is -0.462 e. The number of hydrogen-bond acceptors (Lipinski definition) is 7. The van der Waals surface area contributed by atoms with Crippen molar-refractivity contribution in [1.29, 1.82) is 0 Å². The Kier molecular flexibility index (Phi) is 6.92. The summed E-state index contributed by atoms with van der Waals surface area (Å²) in [5.74, 6) is 0.0135. The number of carbonyl (C=O) groups excluding carboxylic acids is 3. The Hall–Kier alpha value is -3.43. The lowest BCUT2D eigenvalue weighted by Crippen LogP contribution is -2.28. The Morgan fingerprint density at radius 2 is 2.07 bits per heavy atom. The Labute approximate surface area is 168 Å². The molecule has 0 aliphatic heterocycles. The summed E-state index contributed by atoms with van der Waals surface area (Å²) in [5, 5.41) is 6.60. The molecule has 0 saturated carbocycles. The summed E-state index contributed by atoms with van der Waals surface area (Å²) in [6.07, 6.45) is 2.82. The third-order valence-corrected chi connectivity index (χ3v) is 3.61. The van der Waals surface area contributed by atoms with Crippen LogP contribution in [0.2, 0.25) is 0 Å². The van der Waals surface area contributed by atoms with Crippen molar-refractivity contribution in [2.45, 2.75) is 39.8 Å². The molecule has 0 saturated heterocycles. The molecule has 2 rings (SSSR count). The highest BCUT2D eigenvalue weighted by Crippen LogP contribution is 2.22. The predicted molar refractivity (Wildman–Crippen MR) is 106 cm³/mol. The van der Waals surface area contributed by atoms with Crippen molar-refractivity contribution in [2.75, 3.05) is 16.8 Å². The van der Waals surface area contributed by atoms with Crippen LogP contribution in [0.4, 0.5) is 16.4 Å². The van der Waals surface area contributed by atoms with Crippen molar-refractivity contribution >= 4 is 30.1 Å². The van der Waals surface area contributed by atoms with Crippen LogP contribution in [0.25, 0.3) is 0 Å². The molecule has 2 heterocycles. The smallest absolute Gasteiger partial charge is 0.413 e. The summed E-state index contributed by atoms with van der Waals surface area (Å²) >= 11 is 0. The molecule has 0 atom stereocenters. The summed E-state index contributed by atoms with van der Waals surface area (Å²) in [7, 11) is 1.62. The lowest BCUT2D eigenvalue weighted by Gasteiger charge is -2.20. The van der Waals surface area contributed by atoms with Crippen LogP contribution in [0.5, 0.6) is 0 Å². The minimum absolute atomic E-state index is 0.126. The summed E-state index contributed by atoms with van der Waals surface area (Å²) < 4.78 is 11.6. The molecule has 156 valence electrons. The first-order valence-corrected chi connectivity index (χ1v) is 9.00. The zero-order valence-corrected chi connectivity index (χ0v) is 17.1. The maximum atomic E-state index is 12.2. The van der Waals surface area contributed by atoms with E-state index in [9.17, 15) is 14.4 Å². The van der Waals surface area contributed by atoms with Crippen LogP contribution in [0.15, 0.2) is 24.5 Å². The molecule has 0 spiro atoms. The predicted octanol–water partition coefficient (Wildman–Crippen LogP) is 2.50. The topological polar surface area (TPSA) is 116 Å². The number of aryl methyl sites for hydroxylation is 1. The van der Waals surface area contributed by atoms with E-state index < -0.39 is 17.7 Å². The number of amides is 2. The molecule has 0 aliphatic carbocycles. The van der Waals surface area contributed by atoms with Gasteiger partial charge in [-0.15, -0.1) is 0 Å². The van der Waals surface area contributed by atoms with Crippen LogP contribution in [-0.4, -0.2) is 45.4 Å². The quantitative estimate of drug-likeness (QED) is 0.558. The number of anilines is 2. The first-order chi connectivity index (χ1) is 13.6. The first-order valence-electron chi connectivity index (χ1n) is 9.00. The van der Waals surface area contributed by atoms with Crippen molar-refractivity contribution < 1.29 is 23.9 Å². The number of aromatic nitrogens is 3. The van der Waals surface area contributed by atoms with E-state index >= 15 is 0 Å². The molecule has 0 unspecified atom stereocenters. The molecule has 2 amide bonds. The number of ether oxygens (including phenoxy) is 2. The number of rotatable bonds is 7. The SMILES string of the molecule is CCOC(=O)c1cnn(C)c1N(C=O)Cc1ccnc(NC(=O)OC(C)(C)C)c1. The maximum absolute atomic E-state index is 12.2. The van der Waals surface area contributed by atoms with Gasteiger partial charge in [0.15, 0.2) is 0 Å². The number of nitrogens with zero attached hydrogens (tertiary/aromatic N) is 4. The largest absolute Gasteiger partial charge is 0.462 e. The highest BCUT2D eigenvalue weighted by Gasteiger charge is 2.23. The van der Waals surface area contributed by atoms with E-state index in [1.54, 1.807) is 46.9 Å². The van der Waals surface area contributed by atoms with Crippen molar-refractivity contribution in [3.05, 3.63) is 35.7 Å². The third-order valence-electron chi connectivity index (χ3n) is 3.61. The third kappa shape index (κ3) is 6.03. The molecule has 29 heavy (non-hydrogen) atoms. The molecule has 0 aromatic carbocycles. The van der Waals surface area contributed by atoms with Crippen LogP contribution in [0.1, 0.15) is 43.6 Å². The summed E-state index contributed by atoms with van der Waals surface area (Å²) in [4.78, 5) is 41.2. The molecule has 10 heteroatoms. The van der Waals surface area contributed by atoms with Crippen LogP contribution in [0.3, 0.4) is 0 Å². The normalized spacial score (nSPS) is 10.9. The van der Waals surface area contributed by atoms with E-state index in [1.807, 2.05) is 0 Å². The van der Waals surface area contributed by atoms with Crippen molar-refractivity contribution in [1.82, 2.24) is 14.8 Å². The van der Waals surface area contributed by atoms with Crippen LogP contribution >= 0.6 is 0 Å². The second-order valence-electron chi connectivity index (χ2n) is 7.14. The van der Waals surface area contributed by atoms with E-state index in [1.165, 1.54) is 22.0 Å². The van der Waals surface area contributed by atoms with E-state index in [2.05, 4.69) is 15.4 Å². The average Bonchev–Trinajstić information content (AvgIpc) is 3.00.